The number of nitrogens with one attached hydrogen (secondary N) is 2. The number of anilines is 3. The van der Waals surface area contributed by atoms with Crippen LogP contribution in [0.4, 0.5) is 17.3 Å². The molecule has 8 nitrogen and oxygen atoms in total. The molecule has 9 heteroatoms. The number of piperidine rings is 1. The van der Waals surface area contributed by atoms with Gasteiger partial charge in [0.1, 0.15) is 5.82 Å². The highest BCUT2D eigenvalue weighted by molar-refractivity contribution is 6.33. The molecule has 1 fully saturated rings. The normalized spacial score (nSPS) is 14.4. The number of benzene rings is 1. The Kier molecular flexibility index (Phi) is 6.74. The number of pyridine rings is 2. The van der Waals surface area contributed by atoms with Crippen molar-refractivity contribution in [2.24, 2.45) is 13.0 Å². The SMILES string of the molecule is CNC(=O)COc1cc2cc(Nc3nc(N4CCC(C)CC4)ccc3Cl)ccc2n(C)c1=O. The number of amides is 1. The van der Waals surface area contributed by atoms with Crippen LogP contribution in [0.1, 0.15) is 19.8 Å². The van der Waals surface area contributed by atoms with Crippen molar-refractivity contribution < 1.29 is 9.53 Å². The minimum absolute atomic E-state index is 0.114. The lowest BCUT2D eigenvalue weighted by molar-refractivity contribution is -0.122. The zero-order valence-corrected chi connectivity index (χ0v) is 19.8. The summed E-state index contributed by atoms with van der Waals surface area (Å²) in [6, 6.07) is 11.1. The number of aromatic nitrogens is 2. The van der Waals surface area contributed by atoms with Crippen LogP contribution in [-0.4, -0.2) is 42.2 Å². The Morgan fingerprint density at radius 1 is 1.21 bits per heavy atom. The molecule has 0 unspecified atom stereocenters. The average Bonchev–Trinajstić information content (AvgIpc) is 2.82. The van der Waals surface area contributed by atoms with Crippen molar-refractivity contribution in [1.29, 1.82) is 0 Å². The van der Waals surface area contributed by atoms with E-state index in [-0.39, 0.29) is 23.8 Å². The molecular weight excluding hydrogens is 442 g/mol. The van der Waals surface area contributed by atoms with Crippen LogP contribution in [0.15, 0.2) is 41.2 Å². The highest BCUT2D eigenvalue weighted by atomic mass is 35.5. The Morgan fingerprint density at radius 2 is 1.97 bits per heavy atom. The van der Waals surface area contributed by atoms with Crippen LogP contribution in [-0.2, 0) is 11.8 Å². The maximum Gasteiger partial charge on any atom is 0.293 e. The third-order valence-electron chi connectivity index (χ3n) is 6.03. The lowest BCUT2D eigenvalue weighted by Gasteiger charge is -2.31. The van der Waals surface area contributed by atoms with Crippen molar-refractivity contribution in [3.8, 4) is 5.75 Å². The lowest BCUT2D eigenvalue weighted by Crippen LogP contribution is -2.33. The van der Waals surface area contributed by atoms with E-state index in [0.717, 1.165) is 54.3 Å². The summed E-state index contributed by atoms with van der Waals surface area (Å²) in [4.78, 5) is 31.1. The zero-order chi connectivity index (χ0) is 23.5. The molecule has 0 saturated carbocycles. The van der Waals surface area contributed by atoms with Gasteiger partial charge in [0.2, 0.25) is 0 Å². The van der Waals surface area contributed by atoms with E-state index in [1.54, 1.807) is 13.1 Å². The summed E-state index contributed by atoms with van der Waals surface area (Å²) in [6.45, 7) is 4.02. The first-order chi connectivity index (χ1) is 15.9. The maximum absolute atomic E-state index is 12.6. The molecule has 0 radical (unpaired) electrons. The van der Waals surface area contributed by atoms with Crippen molar-refractivity contribution >= 4 is 45.7 Å². The van der Waals surface area contributed by atoms with Crippen LogP contribution in [0.25, 0.3) is 10.9 Å². The predicted molar refractivity (Wildman–Crippen MR) is 132 cm³/mol. The average molecular weight is 470 g/mol. The van der Waals surface area contributed by atoms with Gasteiger partial charge in [-0.25, -0.2) is 4.98 Å². The van der Waals surface area contributed by atoms with Crippen molar-refractivity contribution in [1.82, 2.24) is 14.9 Å². The molecule has 0 bridgehead atoms. The molecule has 1 aliphatic heterocycles. The van der Waals surface area contributed by atoms with Crippen LogP contribution >= 0.6 is 11.6 Å². The number of hydrogen-bond donors (Lipinski definition) is 2. The number of fused-ring (bicyclic) bond motifs is 1. The van der Waals surface area contributed by atoms with Gasteiger partial charge in [0.05, 0.1) is 10.5 Å². The van der Waals surface area contributed by atoms with Crippen LogP contribution in [0.3, 0.4) is 0 Å². The smallest absolute Gasteiger partial charge is 0.293 e. The number of rotatable bonds is 6. The van der Waals surface area contributed by atoms with Gasteiger partial charge in [0, 0.05) is 38.3 Å². The van der Waals surface area contributed by atoms with E-state index in [1.165, 1.54) is 11.6 Å². The van der Waals surface area contributed by atoms with Gasteiger partial charge in [-0.3, -0.25) is 9.59 Å². The third kappa shape index (κ3) is 5.06. The second-order valence-corrected chi connectivity index (χ2v) is 8.81. The third-order valence-corrected chi connectivity index (χ3v) is 6.34. The van der Waals surface area contributed by atoms with E-state index in [1.807, 2.05) is 30.3 Å². The second kappa shape index (κ2) is 9.70. The first-order valence-electron chi connectivity index (χ1n) is 11.0. The van der Waals surface area contributed by atoms with Gasteiger partial charge in [-0.05, 0) is 55.2 Å². The van der Waals surface area contributed by atoms with Crippen LogP contribution in [0.5, 0.6) is 5.75 Å². The van der Waals surface area contributed by atoms with Gasteiger partial charge >= 0.3 is 0 Å². The standard InChI is InChI=1S/C24H28ClN5O3/c1-15-8-10-30(11-9-15)21-7-5-18(25)23(28-21)27-17-4-6-19-16(12-17)13-20(24(32)29(19)3)33-14-22(31)26-2/h4-7,12-13,15H,8-11,14H2,1-3H3,(H,26,31)(H,27,28). The van der Waals surface area contributed by atoms with E-state index >= 15 is 0 Å². The predicted octanol–water partition coefficient (Wildman–Crippen LogP) is 3.69. The number of nitrogens with zero attached hydrogens (tertiary/aromatic N) is 3. The summed E-state index contributed by atoms with van der Waals surface area (Å²) in [5, 5.41) is 7.09. The summed E-state index contributed by atoms with van der Waals surface area (Å²) in [5.74, 6) is 2.03. The number of aryl methyl sites for hydroxylation is 1. The summed E-state index contributed by atoms with van der Waals surface area (Å²) in [6.07, 6.45) is 2.31. The molecule has 2 N–H and O–H groups in total. The Hall–Kier alpha value is -3.26. The monoisotopic (exact) mass is 469 g/mol. The van der Waals surface area contributed by atoms with Gasteiger partial charge < -0.3 is 24.8 Å². The fourth-order valence-electron chi connectivity index (χ4n) is 3.92. The number of ether oxygens (including phenoxy) is 1. The molecule has 4 rings (SSSR count). The highest BCUT2D eigenvalue weighted by Crippen LogP contribution is 2.30. The quantitative estimate of drug-likeness (QED) is 0.572. The molecule has 3 heterocycles. The molecule has 0 spiro atoms. The fourth-order valence-corrected chi connectivity index (χ4v) is 4.07. The molecule has 1 saturated heterocycles. The number of halogens is 1. The first kappa shape index (κ1) is 22.9. The Morgan fingerprint density at radius 3 is 2.70 bits per heavy atom. The molecule has 1 aromatic carbocycles. The lowest BCUT2D eigenvalue weighted by atomic mass is 9.99. The Balaban J connectivity index is 1.61. The van der Waals surface area contributed by atoms with Crippen molar-refractivity contribution in [3.05, 3.63) is 51.8 Å². The minimum Gasteiger partial charge on any atom is -0.478 e. The van der Waals surface area contributed by atoms with Gasteiger partial charge in [-0.1, -0.05) is 18.5 Å². The van der Waals surface area contributed by atoms with Gasteiger partial charge in [-0.15, -0.1) is 0 Å². The molecule has 174 valence electrons. The molecule has 1 amide bonds. The van der Waals surface area contributed by atoms with E-state index in [4.69, 9.17) is 21.3 Å². The van der Waals surface area contributed by atoms with Crippen LogP contribution in [0, 0.1) is 5.92 Å². The molecule has 0 aliphatic carbocycles. The van der Waals surface area contributed by atoms with Crippen molar-refractivity contribution in [2.45, 2.75) is 19.8 Å². The van der Waals surface area contributed by atoms with E-state index in [0.29, 0.717) is 10.8 Å². The molecule has 1 aliphatic rings. The van der Waals surface area contributed by atoms with Gasteiger partial charge in [0.15, 0.2) is 18.2 Å². The summed E-state index contributed by atoms with van der Waals surface area (Å²) >= 11 is 6.44. The number of hydrogen-bond acceptors (Lipinski definition) is 6. The number of likely N-dealkylation sites (N-methyl/N-ethyl adjacent to an activating group) is 1. The van der Waals surface area contributed by atoms with Crippen LogP contribution < -0.4 is 25.8 Å². The summed E-state index contributed by atoms with van der Waals surface area (Å²) in [7, 11) is 3.19. The largest absolute Gasteiger partial charge is 0.478 e. The molecular formula is C24H28ClN5O3. The maximum atomic E-state index is 12.6. The second-order valence-electron chi connectivity index (χ2n) is 8.40. The van der Waals surface area contributed by atoms with Crippen molar-refractivity contribution in [3.63, 3.8) is 0 Å². The van der Waals surface area contributed by atoms with Crippen molar-refractivity contribution in [2.75, 3.05) is 37.0 Å². The first-order valence-corrected chi connectivity index (χ1v) is 11.4. The van der Waals surface area contributed by atoms with Crippen LogP contribution in [0.2, 0.25) is 5.02 Å². The number of carbonyl (C=O) groups excluding carboxylic acids is 1. The summed E-state index contributed by atoms with van der Waals surface area (Å²) in [5.41, 5.74) is 1.21. The highest BCUT2D eigenvalue weighted by Gasteiger charge is 2.18. The van der Waals surface area contributed by atoms with E-state index < -0.39 is 0 Å². The molecule has 0 atom stereocenters. The molecule has 3 aromatic rings. The summed E-state index contributed by atoms with van der Waals surface area (Å²) < 4.78 is 6.94. The Bertz CT molecular complexity index is 1230. The number of carbonyl (C=O) groups is 1. The molecule has 2 aromatic heterocycles. The van der Waals surface area contributed by atoms with Gasteiger partial charge in [-0.2, -0.15) is 0 Å². The van der Waals surface area contributed by atoms with E-state index in [2.05, 4.69) is 22.5 Å². The Labute approximate surface area is 197 Å². The molecule has 33 heavy (non-hydrogen) atoms. The minimum atomic E-state index is -0.309. The topological polar surface area (TPSA) is 88.5 Å². The van der Waals surface area contributed by atoms with Gasteiger partial charge in [0.25, 0.3) is 11.5 Å². The fraction of sp³-hybridized carbons (Fsp3) is 0.375. The zero-order valence-electron chi connectivity index (χ0n) is 19.0. The van der Waals surface area contributed by atoms with E-state index in [9.17, 15) is 9.59 Å².